The first-order chi connectivity index (χ1) is 4.68. The van der Waals surface area contributed by atoms with Crippen molar-refractivity contribution in [3.63, 3.8) is 0 Å². The van der Waals surface area contributed by atoms with E-state index in [9.17, 15) is 4.79 Å². The van der Waals surface area contributed by atoms with E-state index in [1.807, 2.05) is 0 Å². The number of nitrogens with one attached hydrogen (secondary N) is 1. The van der Waals surface area contributed by atoms with Crippen LogP contribution < -0.4 is 5.32 Å². The summed E-state index contributed by atoms with van der Waals surface area (Å²) in [6, 6.07) is 0. The summed E-state index contributed by atoms with van der Waals surface area (Å²) in [6.45, 7) is 5.80. The third kappa shape index (κ3) is 24.8. The van der Waals surface area contributed by atoms with Crippen molar-refractivity contribution in [3.05, 3.63) is 0 Å². The molecule has 5 heteroatoms. The molecule has 0 radical (unpaired) electrons. The van der Waals surface area contributed by atoms with Crippen molar-refractivity contribution in [2.75, 3.05) is 7.05 Å². The normalized spacial score (nSPS) is 10.0. The fraction of sp³-hybridized carbons (Fsp3) is 0.800. The Morgan fingerprint density at radius 3 is 1.70 bits per heavy atom. The number of carbonyl (C=O) groups excluding carboxylic acids is 1. The topological polar surface area (TPSA) is 38.3 Å². The van der Waals surface area contributed by atoms with E-state index in [0.717, 1.165) is 0 Å². The highest BCUT2D eigenvalue weighted by molar-refractivity contribution is 6.40. The molecular weight excluding hydrogens is 162 g/mol. The smallest absolute Gasteiger partial charge is 0.216 e. The van der Waals surface area contributed by atoms with Gasteiger partial charge >= 0.3 is 0 Å². The molecular formula is C5H17NO2Si2. The van der Waals surface area contributed by atoms with Gasteiger partial charge in [0, 0.05) is 14.0 Å². The van der Waals surface area contributed by atoms with Gasteiger partial charge in [0.05, 0.1) is 0 Å². The van der Waals surface area contributed by atoms with Crippen LogP contribution >= 0.6 is 0 Å². The van der Waals surface area contributed by atoms with Crippen molar-refractivity contribution in [1.29, 1.82) is 0 Å². The lowest BCUT2D eigenvalue weighted by Gasteiger charge is -1.85. The van der Waals surface area contributed by atoms with Gasteiger partial charge < -0.3 is 9.43 Å². The van der Waals surface area contributed by atoms with Gasteiger partial charge in [0.25, 0.3) is 0 Å². The molecule has 0 rings (SSSR count). The molecule has 3 nitrogen and oxygen atoms in total. The van der Waals surface area contributed by atoms with E-state index in [1.54, 1.807) is 7.05 Å². The van der Waals surface area contributed by atoms with Crippen molar-refractivity contribution in [3.8, 4) is 0 Å². The Kier molecular flexibility index (Phi) is 14.6. The minimum Gasteiger partial charge on any atom is -0.466 e. The van der Waals surface area contributed by atoms with Crippen LogP contribution in [0.25, 0.3) is 0 Å². The van der Waals surface area contributed by atoms with Crippen LogP contribution in [0, 0.1) is 0 Å². The molecule has 1 N–H and O–H groups in total. The summed E-state index contributed by atoms with van der Waals surface area (Å²) >= 11 is 0. The molecule has 0 aromatic rings. The maximum absolute atomic E-state index is 9.70. The maximum atomic E-state index is 9.70. The van der Waals surface area contributed by atoms with Gasteiger partial charge in [0.1, 0.15) is 19.5 Å². The van der Waals surface area contributed by atoms with Gasteiger partial charge in [-0.25, -0.2) is 0 Å². The van der Waals surface area contributed by atoms with Crippen molar-refractivity contribution in [2.24, 2.45) is 0 Å². The van der Waals surface area contributed by atoms with Gasteiger partial charge in [0.2, 0.25) is 5.91 Å². The molecule has 0 fully saturated rings. The monoisotopic (exact) mass is 179 g/mol. The van der Waals surface area contributed by atoms with Gasteiger partial charge in [-0.2, -0.15) is 0 Å². The highest BCUT2D eigenvalue weighted by atomic mass is 28.3. The largest absolute Gasteiger partial charge is 0.466 e. The molecule has 0 saturated carbocycles. The predicted molar refractivity (Wildman–Crippen MR) is 49.6 cm³/mol. The van der Waals surface area contributed by atoms with Crippen molar-refractivity contribution >= 4 is 25.4 Å². The van der Waals surface area contributed by atoms with Crippen LogP contribution in [-0.2, 0) is 8.91 Å². The van der Waals surface area contributed by atoms with Crippen LogP contribution in [0.15, 0.2) is 0 Å². The highest BCUT2D eigenvalue weighted by Crippen LogP contribution is 1.58. The summed E-state index contributed by atoms with van der Waals surface area (Å²) in [4.78, 5) is 9.70. The van der Waals surface area contributed by atoms with Gasteiger partial charge in [-0.05, 0) is 0 Å². The maximum Gasteiger partial charge on any atom is 0.216 e. The van der Waals surface area contributed by atoms with E-state index >= 15 is 0 Å². The van der Waals surface area contributed by atoms with Crippen LogP contribution in [0.5, 0.6) is 0 Å². The standard InChI is InChI=1S/C3H7NO.C2H10OSi2/c1-3(5)4-2;1-4-3-5-2/h1-2H3,(H,4,5);4-5H2,1-2H3. The minimum absolute atomic E-state index is 0.00463. The molecule has 0 aliphatic heterocycles. The summed E-state index contributed by atoms with van der Waals surface area (Å²) in [5.41, 5.74) is 0. The molecule has 0 aromatic carbocycles. The fourth-order valence-corrected chi connectivity index (χ4v) is 1.84. The highest BCUT2D eigenvalue weighted by Gasteiger charge is 1.72. The zero-order valence-corrected chi connectivity index (χ0v) is 10.1. The lowest BCUT2D eigenvalue weighted by atomic mass is 10.7. The second-order valence-corrected chi connectivity index (χ2v) is 4.38. The molecule has 0 unspecified atom stereocenters. The van der Waals surface area contributed by atoms with Crippen molar-refractivity contribution in [2.45, 2.75) is 20.0 Å². The van der Waals surface area contributed by atoms with E-state index in [2.05, 4.69) is 18.4 Å². The molecule has 0 aromatic heterocycles. The van der Waals surface area contributed by atoms with Crippen LogP contribution in [0.4, 0.5) is 0 Å². The molecule has 0 aliphatic carbocycles. The molecule has 0 saturated heterocycles. The Morgan fingerprint density at radius 1 is 1.40 bits per heavy atom. The third-order valence-electron chi connectivity index (χ3n) is 0.760. The molecule has 1 amide bonds. The molecule has 0 atom stereocenters. The molecule has 62 valence electrons. The van der Waals surface area contributed by atoms with Crippen LogP contribution in [0.1, 0.15) is 6.92 Å². The zero-order valence-electron chi connectivity index (χ0n) is 7.23. The number of amides is 1. The van der Waals surface area contributed by atoms with Crippen LogP contribution in [-0.4, -0.2) is 32.5 Å². The summed E-state index contributed by atoms with van der Waals surface area (Å²) in [5, 5.41) is 2.39. The number of hydrogen-bond donors (Lipinski definition) is 1. The molecule has 0 spiro atoms. The number of hydrogen-bond acceptors (Lipinski definition) is 2. The second-order valence-electron chi connectivity index (χ2n) is 1.59. The average Bonchev–Trinajstić information content (AvgIpc) is 1.91. The lowest BCUT2D eigenvalue weighted by Crippen LogP contribution is -2.11. The minimum atomic E-state index is -0.0243. The van der Waals surface area contributed by atoms with Crippen molar-refractivity contribution < 1.29 is 8.91 Å². The van der Waals surface area contributed by atoms with Crippen LogP contribution in [0.3, 0.4) is 0 Å². The van der Waals surface area contributed by atoms with E-state index in [0.29, 0.717) is 0 Å². The van der Waals surface area contributed by atoms with Gasteiger partial charge in [0.15, 0.2) is 0 Å². The first kappa shape index (κ1) is 12.5. The Bertz CT molecular complexity index is 78.0. The Hall–Kier alpha value is -0.136. The first-order valence-corrected chi connectivity index (χ1v) is 7.43. The average molecular weight is 179 g/mol. The second kappa shape index (κ2) is 11.6. The fourth-order valence-electron chi connectivity index (χ4n) is 0.204. The summed E-state index contributed by atoms with van der Waals surface area (Å²) in [5.74, 6) is 0.00463. The van der Waals surface area contributed by atoms with E-state index in [-0.39, 0.29) is 25.4 Å². The SMILES string of the molecule is CNC(C)=O.C[SiH2]O[SiH2]C. The molecule has 0 aliphatic rings. The molecule has 10 heavy (non-hydrogen) atoms. The number of rotatable bonds is 2. The lowest BCUT2D eigenvalue weighted by molar-refractivity contribution is -0.118. The first-order valence-electron chi connectivity index (χ1n) is 3.45. The van der Waals surface area contributed by atoms with Crippen molar-refractivity contribution in [1.82, 2.24) is 5.32 Å². The van der Waals surface area contributed by atoms with Gasteiger partial charge in [-0.3, -0.25) is 4.79 Å². The quantitative estimate of drug-likeness (QED) is 0.553. The third-order valence-corrected chi connectivity index (χ3v) is 4.03. The summed E-state index contributed by atoms with van der Waals surface area (Å²) < 4.78 is 5.11. The van der Waals surface area contributed by atoms with E-state index in [4.69, 9.17) is 4.12 Å². The van der Waals surface area contributed by atoms with Gasteiger partial charge in [-0.15, -0.1) is 0 Å². The predicted octanol–water partition coefficient (Wildman–Crippen LogP) is -0.981. The Balaban J connectivity index is 0. The Labute approximate surface area is 67.4 Å². The molecule has 0 heterocycles. The summed E-state index contributed by atoms with van der Waals surface area (Å²) in [6.07, 6.45) is 0. The van der Waals surface area contributed by atoms with E-state index < -0.39 is 0 Å². The summed E-state index contributed by atoms with van der Waals surface area (Å²) in [7, 11) is 1.55. The molecule has 0 bridgehead atoms. The Morgan fingerprint density at radius 2 is 1.70 bits per heavy atom. The van der Waals surface area contributed by atoms with Crippen LogP contribution in [0.2, 0.25) is 13.1 Å². The number of carbonyl (C=O) groups is 1. The zero-order chi connectivity index (χ0) is 8.41. The van der Waals surface area contributed by atoms with Gasteiger partial charge in [-0.1, -0.05) is 13.1 Å². The van der Waals surface area contributed by atoms with E-state index in [1.165, 1.54) is 6.92 Å².